The van der Waals surface area contributed by atoms with E-state index in [2.05, 4.69) is 60.2 Å². The zero-order valence-electron chi connectivity index (χ0n) is 19.1. The van der Waals surface area contributed by atoms with Crippen LogP contribution in [0.2, 0.25) is 0 Å². The number of rotatable bonds is 6. The summed E-state index contributed by atoms with van der Waals surface area (Å²) < 4.78 is 5.20. The second-order valence-electron chi connectivity index (χ2n) is 8.94. The van der Waals surface area contributed by atoms with Crippen molar-refractivity contribution >= 4 is 11.9 Å². The minimum Gasteiger partial charge on any atom is -0.466 e. The maximum absolute atomic E-state index is 12.0. The van der Waals surface area contributed by atoms with Gasteiger partial charge in [0.1, 0.15) is 0 Å². The Bertz CT molecular complexity index is 738. The van der Waals surface area contributed by atoms with Gasteiger partial charge in [0, 0.05) is 38.3 Å². The zero-order valence-corrected chi connectivity index (χ0v) is 19.1. The van der Waals surface area contributed by atoms with Gasteiger partial charge in [-0.05, 0) is 58.1 Å². The van der Waals surface area contributed by atoms with Crippen molar-refractivity contribution in [3.8, 4) is 0 Å². The Morgan fingerprint density at radius 3 is 2.53 bits per heavy atom. The second kappa shape index (κ2) is 10.3. The molecule has 2 aliphatic rings. The average molecular weight is 415 g/mol. The third-order valence-corrected chi connectivity index (χ3v) is 6.35. The van der Waals surface area contributed by atoms with Crippen LogP contribution in [0.25, 0.3) is 0 Å². The van der Waals surface area contributed by atoms with Crippen LogP contribution in [0.3, 0.4) is 0 Å². The number of carbonyl (C=O) groups excluding carboxylic acids is 1. The van der Waals surface area contributed by atoms with Crippen molar-refractivity contribution in [2.75, 3.05) is 39.3 Å². The molecule has 0 bridgehead atoms. The molecule has 6 nitrogen and oxygen atoms in total. The van der Waals surface area contributed by atoms with Gasteiger partial charge in [-0.2, -0.15) is 0 Å². The lowest BCUT2D eigenvalue weighted by Gasteiger charge is -2.41. The molecule has 1 aromatic rings. The summed E-state index contributed by atoms with van der Waals surface area (Å²) in [5.41, 5.74) is 2.90. The predicted molar refractivity (Wildman–Crippen MR) is 122 cm³/mol. The van der Waals surface area contributed by atoms with Gasteiger partial charge in [-0.1, -0.05) is 24.3 Å². The lowest BCUT2D eigenvalue weighted by atomic mass is 9.94. The first-order valence-electron chi connectivity index (χ1n) is 11.5. The van der Waals surface area contributed by atoms with Crippen LogP contribution >= 0.6 is 0 Å². The van der Waals surface area contributed by atoms with Crippen molar-refractivity contribution in [3.05, 3.63) is 35.4 Å². The van der Waals surface area contributed by atoms with Crippen LogP contribution in [-0.4, -0.2) is 66.6 Å². The van der Waals surface area contributed by atoms with Gasteiger partial charge in [0.2, 0.25) is 0 Å². The molecule has 6 heteroatoms. The zero-order chi connectivity index (χ0) is 21.6. The molecule has 0 atom stereocenters. The standard InChI is InChI=1S/C24H38N4O2/c1-5-25-23(27-14-11-20(12-15-27)22(29)30-6-2)26-18-24(3,4)28-16-13-19-9-7-8-10-21(19)17-28/h7-10,20H,5-6,11-18H2,1-4H3,(H,25,26). The molecule has 0 aromatic heterocycles. The molecule has 1 aromatic carbocycles. The summed E-state index contributed by atoms with van der Waals surface area (Å²) in [7, 11) is 0. The van der Waals surface area contributed by atoms with Crippen molar-refractivity contribution in [2.24, 2.45) is 10.9 Å². The molecule has 2 heterocycles. The molecule has 0 radical (unpaired) electrons. The van der Waals surface area contributed by atoms with Crippen molar-refractivity contribution in [2.45, 2.75) is 59.0 Å². The molecule has 0 saturated carbocycles. The smallest absolute Gasteiger partial charge is 0.309 e. The van der Waals surface area contributed by atoms with Crippen LogP contribution in [0, 0.1) is 5.92 Å². The number of benzene rings is 1. The van der Waals surface area contributed by atoms with E-state index in [1.54, 1.807) is 0 Å². The number of aliphatic imine (C=N–C) groups is 1. The molecule has 166 valence electrons. The molecule has 0 unspecified atom stereocenters. The summed E-state index contributed by atoms with van der Waals surface area (Å²) in [6.07, 6.45) is 2.76. The van der Waals surface area contributed by atoms with Gasteiger partial charge in [0.25, 0.3) is 0 Å². The number of carbonyl (C=O) groups is 1. The molecule has 0 amide bonds. The van der Waals surface area contributed by atoms with Gasteiger partial charge in [-0.3, -0.25) is 14.7 Å². The molecule has 0 spiro atoms. The number of ether oxygens (including phenoxy) is 1. The summed E-state index contributed by atoms with van der Waals surface area (Å²) in [6.45, 7) is 14.3. The van der Waals surface area contributed by atoms with E-state index in [1.165, 1.54) is 11.1 Å². The van der Waals surface area contributed by atoms with E-state index < -0.39 is 0 Å². The van der Waals surface area contributed by atoms with Crippen LogP contribution in [0.5, 0.6) is 0 Å². The quantitative estimate of drug-likeness (QED) is 0.440. The Kier molecular flexibility index (Phi) is 7.75. The van der Waals surface area contributed by atoms with Crippen LogP contribution in [0.1, 0.15) is 51.7 Å². The number of guanidine groups is 1. The largest absolute Gasteiger partial charge is 0.466 e. The van der Waals surface area contributed by atoms with E-state index in [4.69, 9.17) is 9.73 Å². The first kappa shape index (κ1) is 22.6. The first-order valence-corrected chi connectivity index (χ1v) is 11.5. The number of nitrogens with zero attached hydrogens (tertiary/aromatic N) is 3. The highest BCUT2D eigenvalue weighted by Gasteiger charge is 2.31. The molecule has 1 saturated heterocycles. The van der Waals surface area contributed by atoms with Gasteiger partial charge in [-0.25, -0.2) is 0 Å². The molecule has 30 heavy (non-hydrogen) atoms. The fourth-order valence-corrected chi connectivity index (χ4v) is 4.39. The second-order valence-corrected chi connectivity index (χ2v) is 8.94. The number of esters is 1. The van der Waals surface area contributed by atoms with Gasteiger partial charge >= 0.3 is 5.97 Å². The summed E-state index contributed by atoms with van der Waals surface area (Å²) in [5, 5.41) is 3.45. The molecular formula is C24H38N4O2. The maximum atomic E-state index is 12.0. The lowest BCUT2D eigenvalue weighted by molar-refractivity contribution is -0.149. The summed E-state index contributed by atoms with van der Waals surface area (Å²) in [5.74, 6) is 0.935. The minimum atomic E-state index is -0.0504. The first-order chi connectivity index (χ1) is 14.4. The number of likely N-dealkylation sites (tertiary alicyclic amines) is 1. The summed E-state index contributed by atoms with van der Waals surface area (Å²) in [6, 6.07) is 8.77. The van der Waals surface area contributed by atoms with Crippen molar-refractivity contribution in [1.82, 2.24) is 15.1 Å². The highest BCUT2D eigenvalue weighted by Crippen LogP contribution is 2.26. The fourth-order valence-electron chi connectivity index (χ4n) is 4.39. The molecule has 2 aliphatic heterocycles. The SMILES string of the molecule is CCNC(=NCC(C)(C)N1CCc2ccccc2C1)N1CCC(C(=O)OCC)CC1. The van der Waals surface area contributed by atoms with Crippen LogP contribution in [0.4, 0.5) is 0 Å². The highest BCUT2D eigenvalue weighted by molar-refractivity contribution is 5.80. The third-order valence-electron chi connectivity index (χ3n) is 6.35. The van der Waals surface area contributed by atoms with Crippen molar-refractivity contribution < 1.29 is 9.53 Å². The number of piperidine rings is 1. The van der Waals surface area contributed by atoms with Gasteiger partial charge < -0.3 is 15.0 Å². The van der Waals surface area contributed by atoms with Crippen LogP contribution in [-0.2, 0) is 22.5 Å². The van der Waals surface area contributed by atoms with Crippen molar-refractivity contribution in [1.29, 1.82) is 0 Å². The van der Waals surface area contributed by atoms with Gasteiger partial charge in [0.15, 0.2) is 5.96 Å². The summed E-state index contributed by atoms with van der Waals surface area (Å²) >= 11 is 0. The van der Waals surface area contributed by atoms with E-state index in [1.807, 2.05) is 6.92 Å². The third kappa shape index (κ3) is 5.54. The number of nitrogens with one attached hydrogen (secondary N) is 1. The Hall–Kier alpha value is -2.08. The molecule has 0 aliphatic carbocycles. The Balaban J connectivity index is 1.61. The summed E-state index contributed by atoms with van der Waals surface area (Å²) in [4.78, 5) is 21.9. The minimum absolute atomic E-state index is 0.0164. The molecular weight excluding hydrogens is 376 g/mol. The number of fused-ring (bicyclic) bond motifs is 1. The highest BCUT2D eigenvalue weighted by atomic mass is 16.5. The maximum Gasteiger partial charge on any atom is 0.309 e. The Morgan fingerprint density at radius 1 is 1.17 bits per heavy atom. The Morgan fingerprint density at radius 2 is 1.87 bits per heavy atom. The number of hydrogen-bond acceptors (Lipinski definition) is 4. The van der Waals surface area contributed by atoms with E-state index in [0.717, 1.165) is 64.5 Å². The van der Waals surface area contributed by atoms with E-state index >= 15 is 0 Å². The normalized spacial score (nSPS) is 18.8. The molecule has 1 N–H and O–H groups in total. The average Bonchev–Trinajstić information content (AvgIpc) is 2.76. The molecule has 3 rings (SSSR count). The van der Waals surface area contributed by atoms with Crippen molar-refractivity contribution in [3.63, 3.8) is 0 Å². The Labute approximate surface area is 181 Å². The number of hydrogen-bond donors (Lipinski definition) is 1. The van der Waals surface area contributed by atoms with E-state index in [-0.39, 0.29) is 17.4 Å². The van der Waals surface area contributed by atoms with Crippen LogP contribution in [0.15, 0.2) is 29.3 Å². The fraction of sp³-hybridized carbons (Fsp3) is 0.667. The van der Waals surface area contributed by atoms with Gasteiger partial charge in [0.05, 0.1) is 19.1 Å². The topological polar surface area (TPSA) is 57.2 Å². The van der Waals surface area contributed by atoms with E-state index in [0.29, 0.717) is 6.61 Å². The van der Waals surface area contributed by atoms with E-state index in [9.17, 15) is 4.79 Å². The van der Waals surface area contributed by atoms with Gasteiger partial charge in [-0.15, -0.1) is 0 Å². The lowest BCUT2D eigenvalue weighted by Crippen LogP contribution is -2.50. The molecule has 1 fully saturated rings. The monoisotopic (exact) mass is 414 g/mol. The van der Waals surface area contributed by atoms with Crippen LogP contribution < -0.4 is 5.32 Å². The predicted octanol–water partition coefficient (Wildman–Crippen LogP) is 3.06.